The molecule has 0 aliphatic heterocycles. The number of benzene rings is 2. The van der Waals surface area contributed by atoms with Crippen LogP contribution < -0.4 is 16.8 Å². The smallest absolute Gasteiger partial charge is 0.123 e. The van der Waals surface area contributed by atoms with Crippen LogP contribution in [0.25, 0.3) is 11.3 Å². The lowest BCUT2D eigenvalue weighted by Crippen LogP contribution is -2.11. The Morgan fingerprint density at radius 3 is 2.21 bits per heavy atom. The van der Waals surface area contributed by atoms with Crippen LogP contribution in [0.3, 0.4) is 0 Å². The van der Waals surface area contributed by atoms with Crippen molar-refractivity contribution in [2.24, 2.45) is 16.5 Å². The fourth-order valence-corrected chi connectivity index (χ4v) is 3.93. The first kappa shape index (κ1) is 36.5. The Balaban J connectivity index is 0.00000295. The molecule has 0 aliphatic rings. The average Bonchev–Trinajstić information content (AvgIpc) is 3.01. The number of hydrogen-bond acceptors (Lipinski definition) is 6. The Morgan fingerprint density at radius 1 is 1.07 bits per heavy atom. The molecule has 0 bridgehead atoms. The number of nitriles is 1. The first-order valence-electron chi connectivity index (χ1n) is 14.5. The number of halogens is 1. The fraction of sp³-hybridized carbons (Fsp3) is 0.278. The maximum Gasteiger partial charge on any atom is 0.123 e. The molecule has 2 rings (SSSR count). The number of allylic oxidation sites excluding steroid dienone is 9. The molecule has 2 aromatic carbocycles. The third-order valence-electron chi connectivity index (χ3n) is 6.03. The molecule has 6 N–H and O–H groups in total. The van der Waals surface area contributed by atoms with Crippen LogP contribution in [0.2, 0.25) is 0 Å². The molecule has 0 saturated carbocycles. The van der Waals surface area contributed by atoms with Crippen LogP contribution in [0, 0.1) is 17.1 Å². The summed E-state index contributed by atoms with van der Waals surface area (Å²) < 4.78 is 13.4. The highest BCUT2D eigenvalue weighted by molar-refractivity contribution is 6.01. The minimum atomic E-state index is -0.282. The van der Waals surface area contributed by atoms with Gasteiger partial charge in [-0.15, -0.1) is 0 Å². The molecule has 0 unspecified atom stereocenters. The predicted molar refractivity (Wildman–Crippen MR) is 180 cm³/mol. The molecule has 228 valence electrons. The van der Waals surface area contributed by atoms with Gasteiger partial charge in [0.05, 0.1) is 23.1 Å². The quantitative estimate of drug-likeness (QED) is 0.105. The summed E-state index contributed by atoms with van der Waals surface area (Å²) in [6, 6.07) is 16.7. The lowest BCUT2D eigenvalue weighted by molar-refractivity contribution is 0.291. The van der Waals surface area contributed by atoms with Crippen molar-refractivity contribution in [3.63, 3.8) is 0 Å². The predicted octanol–water partition coefficient (Wildman–Crippen LogP) is 7.33. The van der Waals surface area contributed by atoms with Crippen LogP contribution in [0.1, 0.15) is 63.6 Å². The van der Waals surface area contributed by atoms with Gasteiger partial charge < -0.3 is 21.9 Å². The van der Waals surface area contributed by atoms with Crippen molar-refractivity contribution in [2.45, 2.75) is 53.5 Å². The molecule has 0 spiro atoms. The number of nitrogens with two attached hydrogens (primary N) is 2. The molecule has 2 aromatic rings. The largest absolute Gasteiger partial charge is 0.398 e. The van der Waals surface area contributed by atoms with Crippen molar-refractivity contribution >= 4 is 17.0 Å². The molecule has 0 atom stereocenters. The van der Waals surface area contributed by atoms with Crippen molar-refractivity contribution in [3.05, 3.63) is 131 Å². The van der Waals surface area contributed by atoms with E-state index in [2.05, 4.69) is 29.0 Å². The zero-order chi connectivity index (χ0) is 32.0. The molecule has 0 aromatic heterocycles. The molecular weight excluding hydrogens is 537 g/mol. The Bertz CT molecular complexity index is 1370. The van der Waals surface area contributed by atoms with E-state index in [0.717, 1.165) is 46.5 Å². The Kier molecular flexibility index (Phi) is 18.0. The van der Waals surface area contributed by atoms with E-state index < -0.39 is 0 Å². The van der Waals surface area contributed by atoms with Gasteiger partial charge in [0.25, 0.3) is 0 Å². The Morgan fingerprint density at radius 2 is 1.70 bits per heavy atom. The summed E-state index contributed by atoms with van der Waals surface area (Å²) in [6.45, 7) is 13.0. The number of nitrogens with zero attached hydrogens (tertiary/aromatic N) is 2. The van der Waals surface area contributed by atoms with Crippen molar-refractivity contribution in [3.8, 4) is 6.07 Å². The standard InChI is InChI=1S/C34H39FN4O.C2H7N/c1-5-9-32(29-15-17-31(35)18-16-29)28(6-2)22-27(23-36)19-20-38-24-26-11-13-30(14-12-26)33(7-3)39-34(25(4)37)10-8-21-40;1-2-3/h6-7,9,11-20,22,38,40H,4-5,8,10,21,24,37H2,1-3H3;2-3H2,1H3/b20-19-,27-22+,28-6+,32-9?,33-7-,39-34?;. The van der Waals surface area contributed by atoms with Gasteiger partial charge in [0.15, 0.2) is 0 Å². The van der Waals surface area contributed by atoms with Gasteiger partial charge in [-0.25, -0.2) is 4.39 Å². The maximum absolute atomic E-state index is 13.4. The van der Waals surface area contributed by atoms with Gasteiger partial charge in [0.2, 0.25) is 0 Å². The van der Waals surface area contributed by atoms with E-state index in [0.29, 0.717) is 36.4 Å². The highest BCUT2D eigenvalue weighted by Crippen LogP contribution is 2.26. The van der Waals surface area contributed by atoms with E-state index in [1.807, 2.05) is 70.2 Å². The van der Waals surface area contributed by atoms with Crippen LogP contribution in [0.4, 0.5) is 4.39 Å². The molecule has 0 saturated heterocycles. The van der Waals surface area contributed by atoms with Crippen LogP contribution in [0.15, 0.2) is 114 Å². The lowest BCUT2D eigenvalue weighted by Gasteiger charge is -2.10. The Hall–Kier alpha value is -4.51. The van der Waals surface area contributed by atoms with E-state index in [-0.39, 0.29) is 12.4 Å². The molecule has 43 heavy (non-hydrogen) atoms. The highest BCUT2D eigenvalue weighted by atomic mass is 19.1. The maximum atomic E-state index is 13.4. The molecule has 7 heteroatoms. The van der Waals surface area contributed by atoms with Crippen LogP contribution in [0.5, 0.6) is 0 Å². The average molecular weight is 584 g/mol. The van der Waals surface area contributed by atoms with Gasteiger partial charge in [0, 0.05) is 18.8 Å². The molecule has 0 aliphatic carbocycles. The van der Waals surface area contributed by atoms with Crippen molar-refractivity contribution < 1.29 is 9.50 Å². The van der Waals surface area contributed by atoms with Crippen LogP contribution in [-0.2, 0) is 6.54 Å². The summed E-state index contributed by atoms with van der Waals surface area (Å²) >= 11 is 0. The van der Waals surface area contributed by atoms with Gasteiger partial charge in [-0.05, 0) is 98.0 Å². The fourth-order valence-electron chi connectivity index (χ4n) is 3.93. The number of aliphatic hydroxyl groups is 1. The first-order valence-corrected chi connectivity index (χ1v) is 14.5. The number of hydrogen-bond donors (Lipinski definition) is 4. The second-order valence-electron chi connectivity index (χ2n) is 9.39. The molecule has 6 nitrogen and oxygen atoms in total. The second kappa shape index (κ2) is 21.2. The van der Waals surface area contributed by atoms with Crippen LogP contribution >= 0.6 is 0 Å². The molecule has 0 amide bonds. The Labute approximate surface area is 257 Å². The number of aliphatic hydroxyl groups excluding tert-OH is 1. The van der Waals surface area contributed by atoms with Gasteiger partial charge in [0.1, 0.15) is 5.82 Å². The summed E-state index contributed by atoms with van der Waals surface area (Å²) in [5.74, 6) is -0.282. The first-order chi connectivity index (χ1) is 20.8. The topological polar surface area (TPSA) is 120 Å². The zero-order valence-electron chi connectivity index (χ0n) is 25.9. The van der Waals surface area contributed by atoms with Crippen molar-refractivity contribution in [1.82, 2.24) is 5.32 Å². The zero-order valence-corrected chi connectivity index (χ0v) is 25.9. The molecule has 0 radical (unpaired) electrons. The minimum absolute atomic E-state index is 0.0721. The number of aliphatic imine (C=N–C) groups is 1. The van der Waals surface area contributed by atoms with E-state index in [4.69, 9.17) is 16.6 Å². The van der Waals surface area contributed by atoms with E-state index >= 15 is 0 Å². The van der Waals surface area contributed by atoms with Crippen LogP contribution in [-0.4, -0.2) is 24.0 Å². The molecular formula is C36H46FN5O. The number of rotatable bonds is 14. The minimum Gasteiger partial charge on any atom is -0.398 e. The molecule has 0 heterocycles. The summed E-state index contributed by atoms with van der Waals surface area (Å²) in [5.41, 5.74) is 17.9. The second-order valence-corrected chi connectivity index (χ2v) is 9.39. The van der Waals surface area contributed by atoms with Gasteiger partial charge in [-0.1, -0.05) is 75.1 Å². The SMILES string of the molecule is C=C(N)C(CCCO)=N/C(=C\C)c1ccc(CN\C=C/C(C#N)=C\C(=C/C)C(=CCC)c2ccc(F)cc2)cc1.CCN. The van der Waals surface area contributed by atoms with E-state index in [1.54, 1.807) is 24.4 Å². The molecule has 0 fully saturated rings. The summed E-state index contributed by atoms with van der Waals surface area (Å²) in [4.78, 5) is 4.67. The monoisotopic (exact) mass is 583 g/mol. The van der Waals surface area contributed by atoms with Crippen molar-refractivity contribution in [1.29, 1.82) is 5.26 Å². The van der Waals surface area contributed by atoms with Gasteiger partial charge in [-0.3, -0.25) is 4.99 Å². The summed E-state index contributed by atoms with van der Waals surface area (Å²) in [6.07, 6.45) is 13.2. The van der Waals surface area contributed by atoms with E-state index in [1.165, 1.54) is 12.1 Å². The van der Waals surface area contributed by atoms with Crippen molar-refractivity contribution in [2.75, 3.05) is 13.2 Å². The third kappa shape index (κ3) is 13.3. The number of nitrogens with one attached hydrogen (secondary N) is 1. The summed E-state index contributed by atoms with van der Waals surface area (Å²) in [7, 11) is 0. The van der Waals surface area contributed by atoms with E-state index in [9.17, 15) is 9.65 Å². The van der Waals surface area contributed by atoms with Gasteiger partial charge >= 0.3 is 0 Å². The van der Waals surface area contributed by atoms with Gasteiger partial charge in [-0.2, -0.15) is 5.26 Å². The normalized spacial score (nSPS) is 12.9. The lowest BCUT2D eigenvalue weighted by atomic mass is 9.95. The third-order valence-corrected chi connectivity index (χ3v) is 6.03. The summed E-state index contributed by atoms with van der Waals surface area (Å²) in [5, 5.41) is 22.1. The highest BCUT2D eigenvalue weighted by Gasteiger charge is 2.08.